The van der Waals surface area contributed by atoms with Crippen LogP contribution in [0.15, 0.2) is 121 Å². The summed E-state index contributed by atoms with van der Waals surface area (Å²) in [4.78, 5) is 28.3. The fourth-order valence-corrected chi connectivity index (χ4v) is 7.33. The highest BCUT2D eigenvalue weighted by molar-refractivity contribution is 7.86. The molecule has 46 heavy (non-hydrogen) atoms. The van der Waals surface area contributed by atoms with Crippen LogP contribution in [0.2, 0.25) is 0 Å². The van der Waals surface area contributed by atoms with Gasteiger partial charge in [0.15, 0.2) is 0 Å². The van der Waals surface area contributed by atoms with Gasteiger partial charge in [-0.05, 0) is 43.0 Å². The average Bonchev–Trinajstić information content (AvgIpc) is 3.06. The van der Waals surface area contributed by atoms with Gasteiger partial charge in [0.1, 0.15) is 17.0 Å². The third-order valence-electron chi connectivity index (χ3n) is 7.66. The topological polar surface area (TPSA) is 75.7 Å². The second kappa shape index (κ2) is 14.5. The molecule has 0 radical (unpaired) electrons. The van der Waals surface area contributed by atoms with Crippen LogP contribution in [0.4, 0.5) is 0 Å². The van der Waals surface area contributed by atoms with E-state index < -0.39 is 50.7 Å². The number of likely N-dealkylation sites (tertiary alicyclic amines) is 1. The lowest BCUT2D eigenvalue weighted by Crippen LogP contribution is -2.76. The Morgan fingerprint density at radius 1 is 0.826 bits per heavy atom. The van der Waals surface area contributed by atoms with Crippen LogP contribution in [0.5, 0.6) is 0 Å². The fraction of sp³-hybridized carbons (Fsp3) is 0.263. The molecule has 4 aromatic carbocycles. The van der Waals surface area contributed by atoms with Crippen molar-refractivity contribution in [3.63, 3.8) is 0 Å². The minimum atomic E-state index is -1.70. The summed E-state index contributed by atoms with van der Waals surface area (Å²) in [6.07, 6.45) is 0.502. The van der Waals surface area contributed by atoms with Crippen molar-refractivity contribution in [2.75, 3.05) is 5.75 Å². The van der Waals surface area contributed by atoms with E-state index in [9.17, 15) is 13.8 Å². The molecular formula is C38H37ClN2O4S. The molecule has 1 aliphatic heterocycles. The molecule has 1 aliphatic rings. The molecule has 4 unspecified atom stereocenters. The summed E-state index contributed by atoms with van der Waals surface area (Å²) in [7, 11) is -1.70. The van der Waals surface area contributed by atoms with Crippen LogP contribution < -0.4 is 5.32 Å². The molecule has 0 spiro atoms. The molecular weight excluding hydrogens is 616 g/mol. The van der Waals surface area contributed by atoms with E-state index in [0.717, 1.165) is 22.3 Å². The number of amides is 1. The number of β-lactam (4-membered cyclic amide) rings is 1. The van der Waals surface area contributed by atoms with Crippen LogP contribution >= 0.6 is 11.6 Å². The second-order valence-electron chi connectivity index (χ2n) is 12.0. The van der Waals surface area contributed by atoms with Crippen molar-refractivity contribution in [2.45, 2.75) is 55.2 Å². The van der Waals surface area contributed by atoms with Crippen molar-refractivity contribution in [2.24, 2.45) is 0 Å². The lowest BCUT2D eigenvalue weighted by Gasteiger charge is -2.51. The maximum atomic E-state index is 14.1. The molecule has 1 fully saturated rings. The van der Waals surface area contributed by atoms with E-state index >= 15 is 0 Å². The van der Waals surface area contributed by atoms with Gasteiger partial charge in [0.2, 0.25) is 11.4 Å². The van der Waals surface area contributed by atoms with Crippen molar-refractivity contribution in [3.05, 3.63) is 144 Å². The van der Waals surface area contributed by atoms with Gasteiger partial charge in [-0.3, -0.25) is 19.2 Å². The van der Waals surface area contributed by atoms with Gasteiger partial charge in [0.05, 0.1) is 22.1 Å². The number of hydrogen-bond donors (Lipinski definition) is 1. The number of rotatable bonds is 10. The summed E-state index contributed by atoms with van der Waals surface area (Å²) in [6, 6.07) is 38.3. The number of nitrogens with zero attached hydrogens (tertiary/aromatic N) is 1. The molecule has 1 heterocycles. The number of esters is 1. The number of carbonyl (C=O) groups is 2. The van der Waals surface area contributed by atoms with Crippen LogP contribution in [-0.2, 0) is 37.1 Å². The summed E-state index contributed by atoms with van der Waals surface area (Å²) in [5, 5.41) is 2.69. The van der Waals surface area contributed by atoms with Crippen LogP contribution in [0, 0.1) is 11.8 Å². The molecule has 6 nitrogen and oxygen atoms in total. The highest BCUT2D eigenvalue weighted by atomic mass is 35.5. The minimum Gasteiger partial charge on any atom is -0.458 e. The number of hydrogen-bond acceptors (Lipinski definition) is 5. The highest BCUT2D eigenvalue weighted by Crippen LogP contribution is 2.40. The van der Waals surface area contributed by atoms with Crippen molar-refractivity contribution in [1.29, 1.82) is 0 Å². The van der Waals surface area contributed by atoms with Crippen molar-refractivity contribution >= 4 is 34.3 Å². The molecule has 0 saturated carbocycles. The normalized spacial score (nSPS) is 17.7. The minimum absolute atomic E-state index is 0.00754. The Hall–Kier alpha value is -4.22. The van der Waals surface area contributed by atoms with Gasteiger partial charge in [-0.15, -0.1) is 0 Å². The van der Waals surface area contributed by atoms with E-state index in [1.54, 1.807) is 20.8 Å². The Balaban J connectivity index is 1.55. The summed E-state index contributed by atoms with van der Waals surface area (Å²) < 4.78 is 19.6. The smallest absolute Gasteiger partial charge is 0.345 e. The molecule has 236 valence electrons. The van der Waals surface area contributed by atoms with Gasteiger partial charge in [-0.1, -0.05) is 145 Å². The van der Waals surface area contributed by atoms with Crippen LogP contribution in [0.1, 0.15) is 43.0 Å². The Labute approximate surface area is 278 Å². The monoisotopic (exact) mass is 652 g/mol. The number of ether oxygens (including phenoxy) is 1. The third kappa shape index (κ3) is 7.26. The van der Waals surface area contributed by atoms with Gasteiger partial charge in [0, 0.05) is 6.42 Å². The van der Waals surface area contributed by atoms with Crippen LogP contribution in [-0.4, -0.2) is 49.3 Å². The van der Waals surface area contributed by atoms with E-state index in [0.29, 0.717) is 6.42 Å². The Bertz CT molecular complexity index is 1620. The van der Waals surface area contributed by atoms with E-state index in [4.69, 9.17) is 16.3 Å². The number of benzene rings is 4. The zero-order valence-electron chi connectivity index (χ0n) is 26.1. The average molecular weight is 653 g/mol. The molecule has 1 saturated heterocycles. The Morgan fingerprint density at radius 2 is 1.28 bits per heavy atom. The van der Waals surface area contributed by atoms with Crippen LogP contribution in [0.25, 0.3) is 0 Å². The molecule has 8 heteroatoms. The van der Waals surface area contributed by atoms with Crippen molar-refractivity contribution in [3.8, 4) is 11.8 Å². The number of alkyl halides is 1. The quantitative estimate of drug-likeness (QED) is 0.0568. The van der Waals surface area contributed by atoms with Gasteiger partial charge in [0.25, 0.3) is 0 Å². The first-order valence-electron chi connectivity index (χ1n) is 15.1. The fourth-order valence-electron chi connectivity index (χ4n) is 5.62. The first-order chi connectivity index (χ1) is 22.1. The summed E-state index contributed by atoms with van der Waals surface area (Å²) in [6.45, 7) is 5.17. The van der Waals surface area contributed by atoms with Gasteiger partial charge >= 0.3 is 5.97 Å². The highest BCUT2D eigenvalue weighted by Gasteiger charge is 2.58. The predicted octanol–water partition coefficient (Wildman–Crippen LogP) is 6.01. The van der Waals surface area contributed by atoms with Gasteiger partial charge < -0.3 is 4.74 Å². The molecule has 5 rings (SSSR count). The largest absolute Gasteiger partial charge is 0.458 e. The lowest BCUT2D eigenvalue weighted by atomic mass is 9.76. The third-order valence-corrected chi connectivity index (χ3v) is 9.52. The molecule has 0 aromatic heterocycles. The number of halogens is 1. The SMILES string of the molecule is CC(C)(C)OC(=O)C(Cl)N1C(=O)C(NC(c2ccccc2)(c2ccccc2)c2ccccc2)C1S(=O)CC#CCc1ccccc1. The second-order valence-corrected chi connectivity index (χ2v) is 14.0. The molecule has 1 N–H and O–H groups in total. The van der Waals surface area contributed by atoms with E-state index in [1.165, 1.54) is 4.90 Å². The number of carbonyl (C=O) groups excluding carboxylic acids is 2. The summed E-state index contributed by atoms with van der Waals surface area (Å²) in [5.74, 6) is 4.88. The molecule has 0 bridgehead atoms. The standard InChI is InChI=1S/C38H37ClN2O4S/c1-37(2,3)45-36(43)33(39)41-34(42)32(35(41)46(44)27-17-16-20-28-18-8-4-9-19-28)40-38(29-21-10-5-11-22-29,30-23-12-6-13-24-30)31-25-14-7-15-26-31/h4-15,18-19,21-26,32-33,35,40H,20,27H2,1-3H3. The molecule has 4 aromatic rings. The van der Waals surface area contributed by atoms with E-state index in [2.05, 4.69) is 17.2 Å². The zero-order chi connectivity index (χ0) is 32.7. The van der Waals surface area contributed by atoms with Gasteiger partial charge in [-0.25, -0.2) is 4.79 Å². The predicted molar refractivity (Wildman–Crippen MR) is 183 cm³/mol. The molecule has 4 atom stereocenters. The van der Waals surface area contributed by atoms with E-state index in [-0.39, 0.29) is 5.75 Å². The van der Waals surface area contributed by atoms with Crippen molar-refractivity contribution < 1.29 is 18.5 Å². The summed E-state index contributed by atoms with van der Waals surface area (Å²) in [5.41, 5.74) is 0.420. The molecule has 0 aliphatic carbocycles. The maximum Gasteiger partial charge on any atom is 0.345 e. The first-order valence-corrected chi connectivity index (χ1v) is 16.9. The Morgan fingerprint density at radius 3 is 1.74 bits per heavy atom. The molecule has 1 amide bonds. The van der Waals surface area contributed by atoms with Crippen LogP contribution in [0.3, 0.4) is 0 Å². The zero-order valence-corrected chi connectivity index (χ0v) is 27.6. The van der Waals surface area contributed by atoms with Gasteiger partial charge in [-0.2, -0.15) is 0 Å². The maximum absolute atomic E-state index is 14.1. The van der Waals surface area contributed by atoms with E-state index in [1.807, 2.05) is 121 Å². The Kier molecular flexibility index (Phi) is 10.4. The first kappa shape index (κ1) is 33.2. The number of nitrogens with one attached hydrogen (secondary N) is 1. The summed E-state index contributed by atoms with van der Waals surface area (Å²) >= 11 is 6.63. The van der Waals surface area contributed by atoms with Crippen molar-refractivity contribution in [1.82, 2.24) is 10.2 Å². The lowest BCUT2D eigenvalue weighted by molar-refractivity contribution is -0.167.